The third kappa shape index (κ3) is 3.58. The molecule has 3 rings (SSSR count). The number of nitrogens with zero attached hydrogens (tertiary/aromatic N) is 2. The Balaban J connectivity index is 1.81. The molecule has 1 saturated heterocycles. The maximum Gasteiger partial charge on any atom is 0.267 e. The second-order valence-corrected chi connectivity index (χ2v) is 7.30. The molecule has 1 aromatic heterocycles. The Labute approximate surface area is 146 Å². The van der Waals surface area contributed by atoms with Crippen molar-refractivity contribution < 1.29 is 31.1 Å². The summed E-state index contributed by atoms with van der Waals surface area (Å²) in [6, 6.07) is 2.67. The first-order chi connectivity index (χ1) is 12.3. The zero-order valence-electron chi connectivity index (χ0n) is 13.2. The Morgan fingerprint density at radius 1 is 1.38 bits per heavy atom. The predicted octanol–water partition coefficient (Wildman–Crippen LogP) is 2.04. The molecule has 0 aliphatic carbocycles. The monoisotopic (exact) mass is 389 g/mol. The SMILES string of the molecule is O=C(NS(=O)(=O)c1cnn(C2CCOC2)c1)c1cccc(C(F)F)c1F. The van der Waals surface area contributed by atoms with Crippen LogP contribution in [0.3, 0.4) is 0 Å². The Morgan fingerprint density at radius 2 is 2.15 bits per heavy atom. The van der Waals surface area contributed by atoms with E-state index in [1.165, 1.54) is 10.9 Å². The van der Waals surface area contributed by atoms with Gasteiger partial charge in [0.15, 0.2) is 0 Å². The molecule has 1 aliphatic rings. The molecule has 1 fully saturated rings. The number of carbonyl (C=O) groups excluding carboxylic acids is 1. The summed E-state index contributed by atoms with van der Waals surface area (Å²) in [6.45, 7) is 0.919. The maximum atomic E-state index is 14.0. The molecule has 1 amide bonds. The van der Waals surface area contributed by atoms with Gasteiger partial charge in [-0.2, -0.15) is 5.10 Å². The molecular formula is C15H14F3N3O4S. The van der Waals surface area contributed by atoms with Gasteiger partial charge in [-0.3, -0.25) is 9.48 Å². The Hall–Kier alpha value is -2.40. The van der Waals surface area contributed by atoms with E-state index < -0.39 is 39.3 Å². The Morgan fingerprint density at radius 3 is 2.81 bits per heavy atom. The van der Waals surface area contributed by atoms with Gasteiger partial charge in [0.2, 0.25) is 0 Å². The summed E-state index contributed by atoms with van der Waals surface area (Å²) < 4.78 is 72.3. The number of alkyl halides is 2. The molecule has 7 nitrogen and oxygen atoms in total. The number of amides is 1. The summed E-state index contributed by atoms with van der Waals surface area (Å²) in [5, 5.41) is 3.93. The maximum absolute atomic E-state index is 14.0. The highest BCUT2D eigenvalue weighted by molar-refractivity contribution is 7.90. The van der Waals surface area contributed by atoms with Gasteiger partial charge in [-0.05, 0) is 12.5 Å². The lowest BCUT2D eigenvalue weighted by molar-refractivity contribution is 0.0975. The minimum Gasteiger partial charge on any atom is -0.379 e. The molecule has 1 aromatic carbocycles. The largest absolute Gasteiger partial charge is 0.379 e. The Kier molecular flexibility index (Phi) is 5.01. The van der Waals surface area contributed by atoms with E-state index in [1.54, 1.807) is 4.72 Å². The van der Waals surface area contributed by atoms with Crippen molar-refractivity contribution in [2.45, 2.75) is 23.8 Å². The summed E-state index contributed by atoms with van der Waals surface area (Å²) in [7, 11) is -4.34. The van der Waals surface area contributed by atoms with Crippen molar-refractivity contribution in [1.29, 1.82) is 0 Å². The van der Waals surface area contributed by atoms with Gasteiger partial charge in [0.05, 0.1) is 30.0 Å². The fraction of sp³-hybridized carbons (Fsp3) is 0.333. The number of hydrogen-bond acceptors (Lipinski definition) is 5. The highest BCUT2D eigenvalue weighted by atomic mass is 32.2. The number of hydrogen-bond donors (Lipinski definition) is 1. The van der Waals surface area contributed by atoms with Crippen molar-refractivity contribution in [3.8, 4) is 0 Å². The zero-order valence-corrected chi connectivity index (χ0v) is 14.0. The lowest BCUT2D eigenvalue weighted by Gasteiger charge is -2.09. The van der Waals surface area contributed by atoms with E-state index in [9.17, 15) is 26.4 Å². The number of carbonyl (C=O) groups is 1. The van der Waals surface area contributed by atoms with Gasteiger partial charge in [0, 0.05) is 12.8 Å². The molecule has 1 unspecified atom stereocenters. The van der Waals surface area contributed by atoms with Crippen molar-refractivity contribution in [2.75, 3.05) is 13.2 Å². The van der Waals surface area contributed by atoms with Crippen LogP contribution in [0.15, 0.2) is 35.5 Å². The van der Waals surface area contributed by atoms with Crippen molar-refractivity contribution in [1.82, 2.24) is 14.5 Å². The smallest absolute Gasteiger partial charge is 0.267 e. The molecule has 0 radical (unpaired) electrons. The minimum atomic E-state index is -4.34. The van der Waals surface area contributed by atoms with Crippen LogP contribution in [-0.4, -0.2) is 37.3 Å². The normalized spacial score (nSPS) is 17.6. The minimum absolute atomic E-state index is 0.116. The lowest BCUT2D eigenvalue weighted by Crippen LogP contribution is -2.31. The van der Waals surface area contributed by atoms with E-state index in [0.29, 0.717) is 19.6 Å². The summed E-state index contributed by atoms with van der Waals surface area (Å²) in [6.07, 6.45) is -0.203. The first kappa shape index (κ1) is 18.4. The molecule has 2 heterocycles. The molecule has 26 heavy (non-hydrogen) atoms. The molecule has 140 valence electrons. The van der Waals surface area contributed by atoms with Crippen LogP contribution in [0, 0.1) is 5.82 Å². The van der Waals surface area contributed by atoms with Crippen LogP contribution in [0.1, 0.15) is 34.8 Å². The van der Waals surface area contributed by atoms with E-state index in [4.69, 9.17) is 4.74 Å². The van der Waals surface area contributed by atoms with Gasteiger partial charge in [0.1, 0.15) is 10.7 Å². The molecule has 11 heteroatoms. The Bertz CT molecular complexity index is 924. The molecule has 1 aliphatic heterocycles. The van der Waals surface area contributed by atoms with Crippen LogP contribution in [0.25, 0.3) is 0 Å². The van der Waals surface area contributed by atoms with Crippen LogP contribution < -0.4 is 4.72 Å². The van der Waals surface area contributed by atoms with E-state index >= 15 is 0 Å². The van der Waals surface area contributed by atoms with Crippen molar-refractivity contribution in [2.24, 2.45) is 0 Å². The standard InChI is InChI=1S/C15H14F3N3O4S/c16-13-11(14(17)18)2-1-3-12(13)15(22)20-26(23,24)10-6-19-21(7-10)9-4-5-25-8-9/h1-3,6-7,9,14H,4-5,8H2,(H,20,22). The number of sulfonamides is 1. The first-order valence-corrected chi connectivity index (χ1v) is 9.03. The van der Waals surface area contributed by atoms with Crippen LogP contribution in [0.5, 0.6) is 0 Å². The predicted molar refractivity (Wildman–Crippen MR) is 82.7 cm³/mol. The average Bonchev–Trinajstić information content (AvgIpc) is 3.25. The van der Waals surface area contributed by atoms with Crippen LogP contribution in [0.4, 0.5) is 13.2 Å². The van der Waals surface area contributed by atoms with Crippen LogP contribution in [0.2, 0.25) is 0 Å². The summed E-state index contributed by atoms with van der Waals surface area (Å²) >= 11 is 0. The topological polar surface area (TPSA) is 90.3 Å². The van der Waals surface area contributed by atoms with E-state index in [0.717, 1.165) is 24.4 Å². The first-order valence-electron chi connectivity index (χ1n) is 7.55. The van der Waals surface area contributed by atoms with E-state index in [2.05, 4.69) is 5.10 Å². The van der Waals surface area contributed by atoms with Gasteiger partial charge in [-0.1, -0.05) is 12.1 Å². The van der Waals surface area contributed by atoms with Crippen molar-refractivity contribution in [3.63, 3.8) is 0 Å². The van der Waals surface area contributed by atoms with Gasteiger partial charge in [-0.15, -0.1) is 0 Å². The van der Waals surface area contributed by atoms with Gasteiger partial charge < -0.3 is 4.74 Å². The van der Waals surface area contributed by atoms with Gasteiger partial charge in [-0.25, -0.2) is 26.3 Å². The highest BCUT2D eigenvalue weighted by Crippen LogP contribution is 2.24. The van der Waals surface area contributed by atoms with Crippen LogP contribution >= 0.6 is 0 Å². The summed E-state index contributed by atoms with van der Waals surface area (Å²) in [4.78, 5) is 11.8. The molecule has 2 aromatic rings. The number of benzene rings is 1. The molecule has 0 saturated carbocycles. The number of halogens is 3. The average molecular weight is 389 g/mol. The summed E-state index contributed by atoms with van der Waals surface area (Å²) in [5.74, 6) is -2.81. The van der Waals surface area contributed by atoms with Crippen molar-refractivity contribution >= 4 is 15.9 Å². The van der Waals surface area contributed by atoms with Crippen LogP contribution in [-0.2, 0) is 14.8 Å². The molecule has 0 bridgehead atoms. The highest BCUT2D eigenvalue weighted by Gasteiger charge is 2.26. The number of rotatable bonds is 5. The summed E-state index contributed by atoms with van der Waals surface area (Å²) in [5.41, 5.74) is -1.77. The number of ether oxygens (including phenoxy) is 1. The lowest BCUT2D eigenvalue weighted by atomic mass is 10.1. The molecule has 0 spiro atoms. The second kappa shape index (κ2) is 7.08. The fourth-order valence-corrected chi connectivity index (χ4v) is 3.42. The quantitative estimate of drug-likeness (QED) is 0.845. The van der Waals surface area contributed by atoms with E-state index in [1.807, 2.05) is 0 Å². The third-order valence-corrected chi connectivity index (χ3v) is 5.19. The van der Waals surface area contributed by atoms with E-state index in [-0.39, 0.29) is 10.9 Å². The molecular weight excluding hydrogens is 375 g/mol. The molecule has 1 N–H and O–H groups in total. The molecule has 1 atom stereocenters. The fourth-order valence-electron chi connectivity index (χ4n) is 2.52. The third-order valence-electron chi connectivity index (χ3n) is 3.90. The van der Waals surface area contributed by atoms with Gasteiger partial charge >= 0.3 is 0 Å². The van der Waals surface area contributed by atoms with Crippen molar-refractivity contribution in [3.05, 3.63) is 47.5 Å². The second-order valence-electron chi connectivity index (χ2n) is 5.62. The zero-order chi connectivity index (χ0) is 18.9. The number of aromatic nitrogens is 2. The van der Waals surface area contributed by atoms with Gasteiger partial charge in [0.25, 0.3) is 22.4 Å². The number of nitrogens with one attached hydrogen (secondary N) is 1.